The van der Waals surface area contributed by atoms with Gasteiger partial charge in [0.2, 0.25) is 0 Å². The third kappa shape index (κ3) is 2.13. The van der Waals surface area contributed by atoms with Crippen molar-refractivity contribution in [1.29, 1.82) is 0 Å². The minimum absolute atomic E-state index is 0.00164. The first-order valence-electron chi connectivity index (χ1n) is 7.85. The highest BCUT2D eigenvalue weighted by atomic mass is 16.2. The summed E-state index contributed by atoms with van der Waals surface area (Å²) >= 11 is 0. The Morgan fingerprint density at radius 2 is 2.12 bits per heavy atom. The molecule has 122 valence electrons. The van der Waals surface area contributed by atoms with Crippen molar-refractivity contribution in [2.24, 2.45) is 5.73 Å². The number of amides is 1. The third-order valence-corrected chi connectivity index (χ3v) is 4.41. The van der Waals surface area contributed by atoms with Crippen molar-refractivity contribution in [3.05, 3.63) is 41.7 Å². The van der Waals surface area contributed by atoms with Crippen molar-refractivity contribution in [1.82, 2.24) is 15.2 Å². The molecule has 7 nitrogen and oxygen atoms in total. The van der Waals surface area contributed by atoms with Crippen LogP contribution in [0, 0.1) is 0 Å². The fourth-order valence-corrected chi connectivity index (χ4v) is 3.36. The van der Waals surface area contributed by atoms with E-state index in [2.05, 4.69) is 20.5 Å². The molecular formula is C17H17N5O2. The van der Waals surface area contributed by atoms with E-state index in [4.69, 9.17) is 5.73 Å². The second-order valence-corrected chi connectivity index (χ2v) is 5.86. The first-order chi connectivity index (χ1) is 11.7. The SMILES string of the molecule is NC(=O)c1nnc2[nH]cc3c2c1-c1ccccc1NC3CCCO. The Bertz CT molecular complexity index is 934. The summed E-state index contributed by atoms with van der Waals surface area (Å²) in [7, 11) is 0. The molecule has 5 N–H and O–H groups in total. The van der Waals surface area contributed by atoms with Crippen LogP contribution in [-0.4, -0.2) is 32.8 Å². The largest absolute Gasteiger partial charge is 0.396 e. The number of hydrogen-bond donors (Lipinski definition) is 4. The number of anilines is 1. The number of aromatic amines is 1. The normalized spacial score (nSPS) is 15.6. The van der Waals surface area contributed by atoms with Crippen molar-refractivity contribution < 1.29 is 9.90 Å². The van der Waals surface area contributed by atoms with Crippen molar-refractivity contribution in [3.63, 3.8) is 0 Å². The van der Waals surface area contributed by atoms with Crippen LogP contribution < -0.4 is 11.1 Å². The predicted octanol–water partition coefficient (Wildman–Crippen LogP) is 1.96. The molecule has 0 saturated heterocycles. The van der Waals surface area contributed by atoms with Crippen LogP contribution in [0.3, 0.4) is 0 Å². The van der Waals surface area contributed by atoms with Gasteiger partial charge in [-0.2, -0.15) is 0 Å². The Labute approximate surface area is 137 Å². The molecule has 3 aromatic rings. The number of rotatable bonds is 4. The second kappa shape index (κ2) is 5.61. The van der Waals surface area contributed by atoms with Crippen LogP contribution in [0.15, 0.2) is 30.5 Å². The summed E-state index contributed by atoms with van der Waals surface area (Å²) in [4.78, 5) is 15.0. The summed E-state index contributed by atoms with van der Waals surface area (Å²) in [6.07, 6.45) is 3.31. The molecule has 0 fully saturated rings. The molecule has 0 radical (unpaired) electrons. The molecule has 1 atom stereocenters. The number of aliphatic hydroxyl groups excluding tert-OH is 1. The zero-order chi connectivity index (χ0) is 16.7. The Morgan fingerprint density at radius 3 is 2.92 bits per heavy atom. The summed E-state index contributed by atoms with van der Waals surface area (Å²) < 4.78 is 0. The van der Waals surface area contributed by atoms with E-state index in [-0.39, 0.29) is 18.3 Å². The number of carbonyl (C=O) groups is 1. The predicted molar refractivity (Wildman–Crippen MR) is 90.5 cm³/mol. The number of H-pyrrole nitrogens is 1. The van der Waals surface area contributed by atoms with E-state index in [0.29, 0.717) is 17.6 Å². The molecule has 24 heavy (non-hydrogen) atoms. The quantitative estimate of drug-likeness (QED) is 0.585. The van der Waals surface area contributed by atoms with Crippen LogP contribution in [0.4, 0.5) is 5.69 Å². The lowest BCUT2D eigenvalue weighted by atomic mass is 9.97. The first-order valence-corrected chi connectivity index (χ1v) is 7.85. The van der Waals surface area contributed by atoms with Gasteiger partial charge in [-0.05, 0) is 18.9 Å². The summed E-state index contributed by atoms with van der Waals surface area (Å²) in [6, 6.07) is 7.76. The molecule has 0 aliphatic carbocycles. The molecule has 4 rings (SSSR count). The molecule has 7 heteroatoms. The van der Waals surface area contributed by atoms with Crippen molar-refractivity contribution in [3.8, 4) is 11.1 Å². The van der Waals surface area contributed by atoms with Gasteiger partial charge in [0, 0.05) is 40.6 Å². The van der Waals surface area contributed by atoms with E-state index >= 15 is 0 Å². The highest BCUT2D eigenvalue weighted by molar-refractivity contribution is 6.09. The lowest BCUT2D eigenvalue weighted by Crippen LogP contribution is -2.15. The van der Waals surface area contributed by atoms with Crippen LogP contribution in [0.25, 0.3) is 22.2 Å². The number of nitrogens with zero attached hydrogens (tertiary/aromatic N) is 2. The molecule has 1 aliphatic heterocycles. The van der Waals surface area contributed by atoms with E-state index < -0.39 is 5.91 Å². The number of hydrogen-bond acceptors (Lipinski definition) is 5. The fraction of sp³-hybridized carbons (Fsp3) is 0.235. The molecule has 1 amide bonds. The molecule has 1 unspecified atom stereocenters. The molecule has 1 aliphatic rings. The number of para-hydroxylation sites is 1. The van der Waals surface area contributed by atoms with E-state index in [1.807, 2.05) is 30.5 Å². The van der Waals surface area contributed by atoms with Crippen LogP contribution >= 0.6 is 0 Å². The van der Waals surface area contributed by atoms with Gasteiger partial charge in [0.1, 0.15) is 0 Å². The Balaban J connectivity index is 2.06. The van der Waals surface area contributed by atoms with Crippen LogP contribution in [0.5, 0.6) is 0 Å². The van der Waals surface area contributed by atoms with Crippen LogP contribution in [0.2, 0.25) is 0 Å². The van der Waals surface area contributed by atoms with Crippen LogP contribution in [-0.2, 0) is 0 Å². The number of nitrogens with one attached hydrogen (secondary N) is 2. The van der Waals surface area contributed by atoms with Gasteiger partial charge in [-0.1, -0.05) is 18.2 Å². The lowest BCUT2D eigenvalue weighted by molar-refractivity contribution is 0.0995. The monoisotopic (exact) mass is 323 g/mol. The van der Waals surface area contributed by atoms with Crippen LogP contribution in [0.1, 0.15) is 34.9 Å². The maximum atomic E-state index is 11.9. The fourth-order valence-electron chi connectivity index (χ4n) is 3.36. The lowest BCUT2D eigenvalue weighted by Gasteiger charge is -2.18. The molecular weight excluding hydrogens is 306 g/mol. The number of fused-ring (bicyclic) bond motifs is 2. The van der Waals surface area contributed by atoms with Gasteiger partial charge < -0.3 is 21.1 Å². The highest BCUT2D eigenvalue weighted by Crippen LogP contribution is 2.43. The van der Waals surface area contributed by atoms with Gasteiger partial charge >= 0.3 is 0 Å². The molecule has 3 heterocycles. The number of benzene rings is 1. The zero-order valence-electron chi connectivity index (χ0n) is 12.9. The molecule has 0 saturated carbocycles. The third-order valence-electron chi connectivity index (χ3n) is 4.41. The van der Waals surface area contributed by atoms with E-state index in [9.17, 15) is 9.90 Å². The number of nitrogens with two attached hydrogens (primary N) is 1. The first kappa shape index (κ1) is 14.6. The highest BCUT2D eigenvalue weighted by Gasteiger charge is 2.28. The standard InChI is InChI=1S/C17H17N5O2/c18-16(24)15-13-9-4-1-2-5-11(9)20-12(6-3-7-23)10-8-19-17(14(10)13)22-21-15/h1-2,4-5,8,12,20,23H,3,6-7H2,(H2,18,24)(H,19,22). The summed E-state index contributed by atoms with van der Waals surface area (Å²) in [5.74, 6) is -0.602. The number of carbonyl (C=O) groups excluding carboxylic acids is 1. The average Bonchev–Trinajstić information content (AvgIpc) is 2.96. The van der Waals surface area contributed by atoms with Crippen molar-refractivity contribution >= 4 is 22.6 Å². The van der Waals surface area contributed by atoms with Crippen molar-refractivity contribution in [2.45, 2.75) is 18.9 Å². The summed E-state index contributed by atoms with van der Waals surface area (Å²) in [5.41, 5.74) is 9.82. The van der Waals surface area contributed by atoms with Gasteiger partial charge in [0.15, 0.2) is 11.3 Å². The minimum atomic E-state index is -0.602. The number of primary amides is 1. The molecule has 1 aromatic carbocycles. The maximum Gasteiger partial charge on any atom is 0.269 e. The Hall–Kier alpha value is -2.93. The summed E-state index contributed by atoms with van der Waals surface area (Å²) in [6.45, 7) is 0.126. The summed E-state index contributed by atoms with van der Waals surface area (Å²) in [5, 5.41) is 21.7. The zero-order valence-corrected chi connectivity index (χ0v) is 12.9. The molecule has 2 aromatic heterocycles. The van der Waals surface area contributed by atoms with Crippen molar-refractivity contribution in [2.75, 3.05) is 11.9 Å². The van der Waals surface area contributed by atoms with Gasteiger partial charge in [0.05, 0.1) is 6.04 Å². The van der Waals surface area contributed by atoms with Gasteiger partial charge in [-0.15, -0.1) is 10.2 Å². The maximum absolute atomic E-state index is 11.9. The van der Waals surface area contributed by atoms with E-state index in [0.717, 1.165) is 28.6 Å². The van der Waals surface area contributed by atoms with E-state index in [1.165, 1.54) is 0 Å². The Morgan fingerprint density at radius 1 is 1.29 bits per heavy atom. The average molecular weight is 323 g/mol. The Kier molecular flexibility index (Phi) is 3.42. The molecule has 0 spiro atoms. The smallest absolute Gasteiger partial charge is 0.269 e. The van der Waals surface area contributed by atoms with Gasteiger partial charge in [-0.25, -0.2) is 0 Å². The minimum Gasteiger partial charge on any atom is -0.396 e. The topological polar surface area (TPSA) is 117 Å². The van der Waals surface area contributed by atoms with E-state index in [1.54, 1.807) is 0 Å². The molecule has 0 bridgehead atoms. The number of aliphatic hydroxyl groups is 1. The number of aromatic nitrogens is 3. The second-order valence-electron chi connectivity index (χ2n) is 5.86. The van der Waals surface area contributed by atoms with Gasteiger partial charge in [0.25, 0.3) is 5.91 Å². The van der Waals surface area contributed by atoms with Gasteiger partial charge in [-0.3, -0.25) is 4.79 Å².